The molecule has 0 aromatic rings. The van der Waals surface area contributed by atoms with Crippen molar-refractivity contribution < 1.29 is 28.6 Å². The number of rotatable bonds is 5. The number of methoxy groups -OCH3 is 2. The van der Waals surface area contributed by atoms with Crippen molar-refractivity contribution in [1.82, 2.24) is 0 Å². The summed E-state index contributed by atoms with van der Waals surface area (Å²) >= 11 is 0. The molecule has 0 aliphatic carbocycles. The predicted molar refractivity (Wildman–Crippen MR) is 60.4 cm³/mol. The molecular weight excluding hydrogens is 228 g/mol. The molecule has 0 amide bonds. The molecule has 2 atom stereocenters. The molecule has 0 aromatic heterocycles. The Morgan fingerprint density at radius 3 is 1.59 bits per heavy atom. The van der Waals surface area contributed by atoms with Gasteiger partial charge in [-0.2, -0.15) is 0 Å². The molecule has 0 spiro atoms. The van der Waals surface area contributed by atoms with Crippen molar-refractivity contribution in [3.05, 3.63) is 0 Å². The van der Waals surface area contributed by atoms with Crippen LogP contribution in [0.3, 0.4) is 0 Å². The fourth-order valence-electron chi connectivity index (χ4n) is 1.06. The predicted octanol–water partition coefficient (Wildman–Crippen LogP) is 0.721. The monoisotopic (exact) mass is 248 g/mol. The van der Waals surface area contributed by atoms with Crippen LogP contribution in [-0.4, -0.2) is 46.2 Å². The number of hydrogen-bond donors (Lipinski definition) is 0. The van der Waals surface area contributed by atoms with E-state index in [0.717, 1.165) is 25.4 Å². The molecule has 2 unspecified atom stereocenters. The second-order valence-corrected chi connectivity index (χ2v) is 2.95. The molecule has 0 radical (unpaired) electrons. The summed E-state index contributed by atoms with van der Waals surface area (Å²) in [5.41, 5.74) is 0. The maximum absolute atomic E-state index is 9.40. The summed E-state index contributed by atoms with van der Waals surface area (Å²) in [7, 11) is 3.28. The third kappa shape index (κ3) is 11.2. The lowest BCUT2D eigenvalue weighted by Gasteiger charge is -2.09. The van der Waals surface area contributed by atoms with Gasteiger partial charge in [-0.15, -0.1) is 0 Å². The van der Waals surface area contributed by atoms with E-state index in [1.54, 1.807) is 14.2 Å². The molecule has 1 aliphatic rings. The summed E-state index contributed by atoms with van der Waals surface area (Å²) in [6.07, 6.45) is 3.98. The molecule has 1 saturated heterocycles. The molecular formula is C11H20O6. The van der Waals surface area contributed by atoms with Crippen molar-refractivity contribution in [2.75, 3.05) is 14.2 Å². The summed E-state index contributed by atoms with van der Waals surface area (Å²) in [5, 5.41) is 0. The molecule has 0 aromatic carbocycles. The van der Waals surface area contributed by atoms with Crippen molar-refractivity contribution in [3.63, 3.8) is 0 Å². The van der Waals surface area contributed by atoms with Gasteiger partial charge in [0.2, 0.25) is 0 Å². The fraction of sp³-hybridized carbons (Fsp3) is 0.727. The molecule has 0 N–H and O–H groups in total. The lowest BCUT2D eigenvalue weighted by molar-refractivity contribution is -0.185. The van der Waals surface area contributed by atoms with E-state index in [1.165, 1.54) is 0 Å². The normalized spacial score (nSPS) is 21.5. The summed E-state index contributed by atoms with van der Waals surface area (Å²) < 4.78 is 15.1. The van der Waals surface area contributed by atoms with Gasteiger partial charge in [0.1, 0.15) is 19.4 Å². The van der Waals surface area contributed by atoms with Gasteiger partial charge in [0, 0.05) is 39.9 Å². The first-order chi connectivity index (χ1) is 8.28. The smallest absolute Gasteiger partial charge is 0.160 e. The minimum absolute atomic E-state index is 0.0463. The zero-order valence-electron chi connectivity index (χ0n) is 10.3. The van der Waals surface area contributed by atoms with Crippen LogP contribution in [0.25, 0.3) is 0 Å². The zero-order valence-corrected chi connectivity index (χ0v) is 10.3. The number of carbonyl (C=O) groups is 3. The van der Waals surface area contributed by atoms with Crippen LogP contribution in [0.2, 0.25) is 0 Å². The molecule has 0 bridgehead atoms. The lowest BCUT2D eigenvalue weighted by atomic mass is 10.3. The van der Waals surface area contributed by atoms with Crippen molar-refractivity contribution in [3.8, 4) is 0 Å². The summed E-state index contributed by atoms with van der Waals surface area (Å²) in [4.78, 5) is 26.8. The Labute approximate surface area is 101 Å². The first-order valence-corrected chi connectivity index (χ1v) is 5.15. The van der Waals surface area contributed by atoms with E-state index in [9.17, 15) is 9.59 Å². The third-order valence-electron chi connectivity index (χ3n) is 1.87. The van der Waals surface area contributed by atoms with Crippen LogP contribution in [0.4, 0.5) is 0 Å². The lowest BCUT2D eigenvalue weighted by Crippen LogP contribution is -2.13. The Bertz CT molecular complexity index is 167. The molecule has 1 fully saturated rings. The van der Waals surface area contributed by atoms with Crippen LogP contribution in [-0.2, 0) is 28.6 Å². The SMILES string of the molecule is C=O.COC1CCC(OC)O1.O=CCCC=O. The van der Waals surface area contributed by atoms with E-state index in [0.29, 0.717) is 12.8 Å². The Hall–Kier alpha value is -1.11. The average molecular weight is 248 g/mol. The van der Waals surface area contributed by atoms with Crippen LogP contribution in [0.15, 0.2) is 0 Å². The average Bonchev–Trinajstić information content (AvgIpc) is 2.87. The largest absolute Gasteiger partial charge is 0.356 e. The quantitative estimate of drug-likeness (QED) is 0.527. The fourth-order valence-corrected chi connectivity index (χ4v) is 1.06. The minimum Gasteiger partial charge on any atom is -0.356 e. The van der Waals surface area contributed by atoms with Crippen LogP contribution in [0.1, 0.15) is 25.7 Å². The number of ether oxygens (including phenoxy) is 3. The number of hydrogen-bond acceptors (Lipinski definition) is 6. The molecule has 1 heterocycles. The van der Waals surface area contributed by atoms with E-state index in [-0.39, 0.29) is 12.6 Å². The van der Waals surface area contributed by atoms with Gasteiger partial charge in [0.25, 0.3) is 0 Å². The highest BCUT2D eigenvalue weighted by molar-refractivity contribution is 5.58. The molecule has 6 nitrogen and oxygen atoms in total. The molecule has 1 rings (SSSR count). The van der Waals surface area contributed by atoms with E-state index in [1.807, 2.05) is 6.79 Å². The van der Waals surface area contributed by atoms with Crippen LogP contribution in [0, 0.1) is 0 Å². The number of carbonyl (C=O) groups excluding carboxylic acids is 3. The third-order valence-corrected chi connectivity index (χ3v) is 1.87. The summed E-state index contributed by atoms with van der Waals surface area (Å²) in [6.45, 7) is 2.00. The highest BCUT2D eigenvalue weighted by Crippen LogP contribution is 2.19. The molecule has 6 heteroatoms. The van der Waals surface area contributed by atoms with Crippen molar-refractivity contribution in [2.45, 2.75) is 38.3 Å². The topological polar surface area (TPSA) is 78.9 Å². The maximum atomic E-state index is 9.40. The van der Waals surface area contributed by atoms with Crippen molar-refractivity contribution >= 4 is 19.4 Å². The number of unbranched alkanes of at least 4 members (excludes halogenated alkanes) is 1. The van der Waals surface area contributed by atoms with Crippen molar-refractivity contribution in [2.24, 2.45) is 0 Å². The van der Waals surface area contributed by atoms with Gasteiger partial charge in [-0.3, -0.25) is 0 Å². The van der Waals surface area contributed by atoms with E-state index >= 15 is 0 Å². The molecule has 0 saturated carbocycles. The molecule has 1 aliphatic heterocycles. The Balaban J connectivity index is 0. The minimum atomic E-state index is -0.0463. The van der Waals surface area contributed by atoms with E-state index in [2.05, 4.69) is 0 Å². The second-order valence-electron chi connectivity index (χ2n) is 2.95. The van der Waals surface area contributed by atoms with Gasteiger partial charge in [0.05, 0.1) is 0 Å². The van der Waals surface area contributed by atoms with Gasteiger partial charge in [-0.05, 0) is 0 Å². The molecule has 17 heavy (non-hydrogen) atoms. The zero-order chi connectivity index (χ0) is 13.5. The summed E-state index contributed by atoms with van der Waals surface area (Å²) in [5.74, 6) is 0. The van der Waals surface area contributed by atoms with Crippen LogP contribution >= 0.6 is 0 Å². The van der Waals surface area contributed by atoms with Gasteiger partial charge in [-0.1, -0.05) is 0 Å². The number of aldehydes is 2. The first kappa shape index (κ1) is 18.3. The Kier molecular flexibility index (Phi) is 16.0. The van der Waals surface area contributed by atoms with Gasteiger partial charge in [0.15, 0.2) is 12.6 Å². The highest BCUT2D eigenvalue weighted by atomic mass is 16.8. The standard InChI is InChI=1S/C6H12O3.C4H6O2.CH2O/c1-7-5-3-4-6(8-2)9-5;5-3-1-2-4-6;1-2/h5-6H,3-4H2,1-2H3;3-4H,1-2H2;1H2. The van der Waals surface area contributed by atoms with E-state index in [4.69, 9.17) is 19.0 Å². The second kappa shape index (κ2) is 14.9. The van der Waals surface area contributed by atoms with Gasteiger partial charge >= 0.3 is 0 Å². The summed E-state index contributed by atoms with van der Waals surface area (Å²) in [6, 6.07) is 0. The van der Waals surface area contributed by atoms with Crippen LogP contribution in [0.5, 0.6) is 0 Å². The Morgan fingerprint density at radius 1 is 1.06 bits per heavy atom. The molecule has 100 valence electrons. The first-order valence-electron chi connectivity index (χ1n) is 5.15. The Morgan fingerprint density at radius 2 is 1.41 bits per heavy atom. The van der Waals surface area contributed by atoms with Crippen molar-refractivity contribution in [1.29, 1.82) is 0 Å². The van der Waals surface area contributed by atoms with Crippen LogP contribution < -0.4 is 0 Å². The maximum Gasteiger partial charge on any atom is 0.160 e. The van der Waals surface area contributed by atoms with Gasteiger partial charge < -0.3 is 28.6 Å². The van der Waals surface area contributed by atoms with E-state index < -0.39 is 0 Å². The van der Waals surface area contributed by atoms with Gasteiger partial charge in [-0.25, -0.2) is 0 Å². The highest BCUT2D eigenvalue weighted by Gasteiger charge is 2.23.